The Kier molecular flexibility index (Phi) is 5.54. The van der Waals surface area contributed by atoms with Crippen LogP contribution in [-0.2, 0) is 4.79 Å². The quantitative estimate of drug-likeness (QED) is 0.827. The maximum absolute atomic E-state index is 11.9. The van der Waals surface area contributed by atoms with Gasteiger partial charge in [0.25, 0.3) is 0 Å². The predicted molar refractivity (Wildman–Crippen MR) is 87.1 cm³/mol. The van der Waals surface area contributed by atoms with Gasteiger partial charge in [0.1, 0.15) is 0 Å². The number of aromatic nitrogens is 4. The number of amides is 1. The topological polar surface area (TPSA) is 72.7 Å². The number of nitrogens with zero attached hydrogens (tertiary/aromatic N) is 4. The van der Waals surface area contributed by atoms with Gasteiger partial charge in [-0.15, -0.1) is 5.10 Å². The number of tetrazole rings is 1. The fraction of sp³-hybridized carbons (Fsp3) is 0.467. The number of aryl methyl sites for hydroxylation is 1. The summed E-state index contributed by atoms with van der Waals surface area (Å²) in [5.74, 6) is 0.694. The standard InChI is InChI=1S/C15H21N5OS/c1-10(2)12(4)16-14(21)9-22-15-17-18-19-20(15)13-7-5-6-11(3)8-13/h5-8,10,12H,9H2,1-4H3,(H,16,21). The number of thioether (sulfide) groups is 1. The lowest BCUT2D eigenvalue weighted by molar-refractivity contribution is -0.119. The summed E-state index contributed by atoms with van der Waals surface area (Å²) in [6.45, 7) is 8.18. The van der Waals surface area contributed by atoms with Gasteiger partial charge < -0.3 is 5.32 Å². The second-order valence-corrected chi connectivity index (χ2v) is 6.54. The molecule has 1 N–H and O–H groups in total. The number of nitrogens with one attached hydrogen (secondary N) is 1. The fourth-order valence-electron chi connectivity index (χ4n) is 1.78. The van der Waals surface area contributed by atoms with E-state index < -0.39 is 0 Å². The average molecular weight is 319 g/mol. The van der Waals surface area contributed by atoms with E-state index in [-0.39, 0.29) is 11.9 Å². The molecule has 7 heteroatoms. The predicted octanol–water partition coefficient (Wildman–Crippen LogP) is 2.22. The molecule has 0 saturated carbocycles. The van der Waals surface area contributed by atoms with Gasteiger partial charge in [-0.05, 0) is 47.9 Å². The second kappa shape index (κ2) is 7.40. The zero-order chi connectivity index (χ0) is 16.1. The molecule has 1 aromatic carbocycles. The Bertz CT molecular complexity index is 640. The number of hydrogen-bond donors (Lipinski definition) is 1. The van der Waals surface area contributed by atoms with Gasteiger partial charge in [0.05, 0.1) is 11.4 Å². The Balaban J connectivity index is 2.00. The summed E-state index contributed by atoms with van der Waals surface area (Å²) in [5.41, 5.74) is 2.02. The third-order valence-corrected chi connectivity index (χ3v) is 4.33. The summed E-state index contributed by atoms with van der Waals surface area (Å²) in [5, 5.41) is 15.3. The molecule has 0 aliphatic carbocycles. The van der Waals surface area contributed by atoms with Crippen LogP contribution in [-0.4, -0.2) is 37.9 Å². The van der Waals surface area contributed by atoms with Gasteiger partial charge in [0.15, 0.2) is 0 Å². The Hall–Kier alpha value is -1.89. The molecule has 0 spiro atoms. The van der Waals surface area contributed by atoms with E-state index in [9.17, 15) is 4.79 Å². The molecule has 0 bridgehead atoms. The summed E-state index contributed by atoms with van der Waals surface area (Å²) in [6, 6.07) is 8.07. The number of rotatable bonds is 6. The van der Waals surface area contributed by atoms with Crippen LogP contribution >= 0.6 is 11.8 Å². The van der Waals surface area contributed by atoms with Crippen LogP contribution in [0, 0.1) is 12.8 Å². The molecule has 2 rings (SSSR count). The summed E-state index contributed by atoms with van der Waals surface area (Å²) in [4.78, 5) is 11.9. The van der Waals surface area contributed by atoms with Crippen molar-refractivity contribution >= 4 is 17.7 Å². The maximum Gasteiger partial charge on any atom is 0.230 e. The Morgan fingerprint density at radius 1 is 1.36 bits per heavy atom. The lowest BCUT2D eigenvalue weighted by Crippen LogP contribution is -2.37. The van der Waals surface area contributed by atoms with Crippen LogP contribution in [0.25, 0.3) is 5.69 Å². The first-order valence-electron chi connectivity index (χ1n) is 7.25. The van der Waals surface area contributed by atoms with Crippen LogP contribution in [0.5, 0.6) is 0 Å². The molecular weight excluding hydrogens is 298 g/mol. The molecule has 1 atom stereocenters. The van der Waals surface area contributed by atoms with E-state index in [0.29, 0.717) is 16.8 Å². The van der Waals surface area contributed by atoms with Crippen LogP contribution in [0.4, 0.5) is 0 Å². The van der Waals surface area contributed by atoms with Crippen molar-refractivity contribution in [3.63, 3.8) is 0 Å². The molecule has 1 unspecified atom stereocenters. The van der Waals surface area contributed by atoms with Crippen molar-refractivity contribution in [2.75, 3.05) is 5.75 Å². The zero-order valence-corrected chi connectivity index (χ0v) is 14.1. The van der Waals surface area contributed by atoms with Crippen LogP contribution in [0.2, 0.25) is 0 Å². The molecule has 118 valence electrons. The first-order chi connectivity index (χ1) is 10.5. The third kappa shape index (κ3) is 4.30. The van der Waals surface area contributed by atoms with Crippen LogP contribution in [0.3, 0.4) is 0 Å². The molecule has 22 heavy (non-hydrogen) atoms. The van der Waals surface area contributed by atoms with Crippen molar-refractivity contribution in [1.82, 2.24) is 25.5 Å². The number of carbonyl (C=O) groups is 1. The molecule has 0 radical (unpaired) electrons. The molecule has 0 fully saturated rings. The number of benzene rings is 1. The van der Waals surface area contributed by atoms with Gasteiger partial charge in [0, 0.05) is 6.04 Å². The SMILES string of the molecule is Cc1cccc(-n2nnnc2SCC(=O)NC(C)C(C)C)c1. The lowest BCUT2D eigenvalue weighted by atomic mass is 10.1. The smallest absolute Gasteiger partial charge is 0.230 e. The van der Waals surface area contributed by atoms with Crippen LogP contribution < -0.4 is 5.32 Å². The van der Waals surface area contributed by atoms with Gasteiger partial charge in [-0.2, -0.15) is 4.68 Å². The third-order valence-electron chi connectivity index (χ3n) is 3.41. The second-order valence-electron chi connectivity index (χ2n) is 5.60. The van der Waals surface area contributed by atoms with E-state index in [1.807, 2.05) is 38.1 Å². The highest BCUT2D eigenvalue weighted by Gasteiger charge is 2.14. The Morgan fingerprint density at radius 3 is 2.82 bits per heavy atom. The molecular formula is C15H21N5OS. The minimum atomic E-state index is -0.00927. The molecule has 2 aromatic rings. The molecule has 0 aliphatic rings. The lowest BCUT2D eigenvalue weighted by Gasteiger charge is -2.17. The Morgan fingerprint density at radius 2 is 2.14 bits per heavy atom. The van der Waals surface area contributed by atoms with Crippen LogP contribution in [0.15, 0.2) is 29.4 Å². The van der Waals surface area contributed by atoms with Crippen molar-refractivity contribution in [2.24, 2.45) is 5.92 Å². The van der Waals surface area contributed by atoms with Gasteiger partial charge in [0.2, 0.25) is 11.1 Å². The molecule has 1 aromatic heterocycles. The average Bonchev–Trinajstić information content (AvgIpc) is 2.93. The number of hydrogen-bond acceptors (Lipinski definition) is 5. The molecule has 0 aliphatic heterocycles. The molecule has 1 heterocycles. The summed E-state index contributed by atoms with van der Waals surface area (Å²) < 4.78 is 1.65. The highest BCUT2D eigenvalue weighted by atomic mass is 32.2. The van der Waals surface area contributed by atoms with Crippen molar-refractivity contribution in [2.45, 2.75) is 38.9 Å². The van der Waals surface area contributed by atoms with Gasteiger partial charge in [-0.3, -0.25) is 4.79 Å². The minimum absolute atomic E-state index is 0.00927. The maximum atomic E-state index is 11.9. The van der Waals surface area contributed by atoms with E-state index in [1.165, 1.54) is 11.8 Å². The van der Waals surface area contributed by atoms with Crippen molar-refractivity contribution in [3.8, 4) is 5.69 Å². The fourth-order valence-corrected chi connectivity index (χ4v) is 2.49. The molecule has 0 saturated heterocycles. The van der Waals surface area contributed by atoms with Crippen LogP contribution in [0.1, 0.15) is 26.3 Å². The summed E-state index contributed by atoms with van der Waals surface area (Å²) in [7, 11) is 0. The molecule has 6 nitrogen and oxygen atoms in total. The normalized spacial score (nSPS) is 12.4. The van der Waals surface area contributed by atoms with Gasteiger partial charge >= 0.3 is 0 Å². The van der Waals surface area contributed by atoms with E-state index in [1.54, 1.807) is 4.68 Å². The highest BCUT2D eigenvalue weighted by Crippen LogP contribution is 2.18. The largest absolute Gasteiger partial charge is 0.353 e. The van der Waals surface area contributed by atoms with E-state index in [2.05, 4.69) is 34.7 Å². The minimum Gasteiger partial charge on any atom is -0.353 e. The van der Waals surface area contributed by atoms with Gasteiger partial charge in [-0.25, -0.2) is 0 Å². The highest BCUT2D eigenvalue weighted by molar-refractivity contribution is 7.99. The van der Waals surface area contributed by atoms with E-state index >= 15 is 0 Å². The zero-order valence-electron chi connectivity index (χ0n) is 13.3. The Labute approximate surface area is 134 Å². The van der Waals surface area contributed by atoms with E-state index in [0.717, 1.165) is 11.3 Å². The molecule has 1 amide bonds. The van der Waals surface area contributed by atoms with Crippen molar-refractivity contribution in [3.05, 3.63) is 29.8 Å². The van der Waals surface area contributed by atoms with Crippen molar-refractivity contribution in [1.29, 1.82) is 0 Å². The number of carbonyl (C=O) groups excluding carboxylic acids is 1. The van der Waals surface area contributed by atoms with E-state index in [4.69, 9.17) is 0 Å². The summed E-state index contributed by atoms with van der Waals surface area (Å²) in [6.07, 6.45) is 0. The van der Waals surface area contributed by atoms with Gasteiger partial charge in [-0.1, -0.05) is 37.7 Å². The summed E-state index contributed by atoms with van der Waals surface area (Å²) >= 11 is 1.33. The monoisotopic (exact) mass is 319 g/mol. The first-order valence-corrected chi connectivity index (χ1v) is 8.23. The van der Waals surface area contributed by atoms with Crippen molar-refractivity contribution < 1.29 is 4.79 Å². The first kappa shape index (κ1) is 16.5.